The second kappa shape index (κ2) is 10.4. The molecule has 0 aliphatic heterocycles. The zero-order valence-corrected chi connectivity index (χ0v) is 16.3. The second-order valence-electron chi connectivity index (χ2n) is 9.01. The SMILES string of the molecule is F/C=C/C=C1/CCC(CCC2CCC(C3CCCCC3)CC2)C/C1=C\F. The number of hydrogen-bond acceptors (Lipinski definition) is 0. The molecule has 0 heterocycles. The van der Waals surface area contributed by atoms with Crippen molar-refractivity contribution < 1.29 is 8.78 Å². The molecule has 0 amide bonds. The summed E-state index contributed by atoms with van der Waals surface area (Å²) in [6.45, 7) is 0. The fourth-order valence-corrected chi connectivity index (χ4v) is 5.79. The van der Waals surface area contributed by atoms with Gasteiger partial charge in [0, 0.05) is 0 Å². The van der Waals surface area contributed by atoms with Crippen LogP contribution in [0, 0.1) is 23.7 Å². The topological polar surface area (TPSA) is 0 Å². The third-order valence-corrected chi connectivity index (χ3v) is 7.44. The van der Waals surface area contributed by atoms with Crippen LogP contribution in [-0.2, 0) is 0 Å². The Morgan fingerprint density at radius 1 is 0.731 bits per heavy atom. The molecule has 0 saturated heterocycles. The summed E-state index contributed by atoms with van der Waals surface area (Å²) in [5.74, 6) is 3.56. The molecule has 1 unspecified atom stereocenters. The van der Waals surface area contributed by atoms with Crippen LogP contribution in [0.1, 0.15) is 89.9 Å². The fourth-order valence-electron chi connectivity index (χ4n) is 5.79. The van der Waals surface area contributed by atoms with Gasteiger partial charge in [0.15, 0.2) is 0 Å². The molecular weight excluding hydrogens is 326 g/mol. The van der Waals surface area contributed by atoms with E-state index in [1.807, 2.05) is 0 Å². The summed E-state index contributed by atoms with van der Waals surface area (Å²) < 4.78 is 25.4. The molecule has 3 fully saturated rings. The largest absolute Gasteiger partial charge is 0.216 e. The molecule has 0 aromatic heterocycles. The highest BCUT2D eigenvalue weighted by Crippen LogP contribution is 2.42. The van der Waals surface area contributed by atoms with Gasteiger partial charge in [0.2, 0.25) is 0 Å². The summed E-state index contributed by atoms with van der Waals surface area (Å²) in [6, 6.07) is 0. The van der Waals surface area contributed by atoms with Crippen LogP contribution in [0.3, 0.4) is 0 Å². The van der Waals surface area contributed by atoms with E-state index in [0.717, 1.165) is 54.5 Å². The van der Waals surface area contributed by atoms with Gasteiger partial charge in [-0.15, -0.1) is 0 Å². The molecule has 0 radical (unpaired) electrons. The van der Waals surface area contributed by atoms with Crippen molar-refractivity contribution in [2.45, 2.75) is 89.9 Å². The van der Waals surface area contributed by atoms with Gasteiger partial charge in [0.05, 0.1) is 12.7 Å². The van der Waals surface area contributed by atoms with Gasteiger partial charge >= 0.3 is 0 Å². The van der Waals surface area contributed by atoms with Gasteiger partial charge in [-0.25, -0.2) is 8.78 Å². The van der Waals surface area contributed by atoms with Crippen molar-refractivity contribution in [2.24, 2.45) is 23.7 Å². The van der Waals surface area contributed by atoms with Crippen molar-refractivity contribution in [1.82, 2.24) is 0 Å². The maximum Gasteiger partial charge on any atom is 0.0901 e. The van der Waals surface area contributed by atoms with Gasteiger partial charge < -0.3 is 0 Å². The first-order valence-corrected chi connectivity index (χ1v) is 11.1. The van der Waals surface area contributed by atoms with Crippen LogP contribution in [0.2, 0.25) is 0 Å². The predicted molar refractivity (Wildman–Crippen MR) is 106 cm³/mol. The van der Waals surface area contributed by atoms with Gasteiger partial charge in [0.1, 0.15) is 0 Å². The van der Waals surface area contributed by atoms with Gasteiger partial charge in [-0.2, -0.15) is 0 Å². The number of allylic oxidation sites excluding steroid dienone is 4. The lowest BCUT2D eigenvalue weighted by molar-refractivity contribution is 0.159. The Morgan fingerprint density at radius 3 is 2.12 bits per heavy atom. The molecule has 2 heteroatoms. The van der Waals surface area contributed by atoms with Crippen LogP contribution in [0.5, 0.6) is 0 Å². The van der Waals surface area contributed by atoms with Crippen LogP contribution in [0.15, 0.2) is 36.0 Å². The molecule has 0 aromatic carbocycles. The van der Waals surface area contributed by atoms with Crippen molar-refractivity contribution in [3.63, 3.8) is 0 Å². The molecular formula is C24H36F2. The molecule has 3 rings (SSSR count). The van der Waals surface area contributed by atoms with Crippen LogP contribution in [0.4, 0.5) is 8.78 Å². The molecule has 3 aliphatic carbocycles. The number of rotatable bonds is 5. The van der Waals surface area contributed by atoms with Gasteiger partial charge in [-0.1, -0.05) is 57.4 Å². The summed E-state index contributed by atoms with van der Waals surface area (Å²) in [7, 11) is 0. The van der Waals surface area contributed by atoms with Gasteiger partial charge in [-0.3, -0.25) is 0 Å². The first-order valence-electron chi connectivity index (χ1n) is 11.1. The lowest BCUT2D eigenvalue weighted by Gasteiger charge is -2.36. The molecule has 146 valence electrons. The predicted octanol–water partition coefficient (Wildman–Crippen LogP) is 8.22. The van der Waals surface area contributed by atoms with E-state index >= 15 is 0 Å². The van der Waals surface area contributed by atoms with Crippen LogP contribution in [0.25, 0.3) is 0 Å². The van der Waals surface area contributed by atoms with Crippen LogP contribution >= 0.6 is 0 Å². The van der Waals surface area contributed by atoms with E-state index in [-0.39, 0.29) is 0 Å². The first-order chi connectivity index (χ1) is 12.8. The van der Waals surface area contributed by atoms with Crippen molar-refractivity contribution in [1.29, 1.82) is 0 Å². The molecule has 0 N–H and O–H groups in total. The molecule has 3 aliphatic rings. The molecule has 0 bridgehead atoms. The van der Waals surface area contributed by atoms with E-state index in [2.05, 4.69) is 0 Å². The summed E-state index contributed by atoms with van der Waals surface area (Å²) in [5, 5.41) is 0. The minimum atomic E-state index is 0.526. The third kappa shape index (κ3) is 5.54. The normalized spacial score (nSPS) is 34.8. The Morgan fingerprint density at radius 2 is 1.42 bits per heavy atom. The van der Waals surface area contributed by atoms with E-state index < -0.39 is 0 Å². The van der Waals surface area contributed by atoms with Crippen molar-refractivity contribution in [3.8, 4) is 0 Å². The maximum atomic E-state index is 13.2. The highest BCUT2D eigenvalue weighted by Gasteiger charge is 2.29. The summed E-state index contributed by atoms with van der Waals surface area (Å²) in [6.07, 6.45) is 22.9. The van der Waals surface area contributed by atoms with E-state index in [1.165, 1.54) is 76.7 Å². The minimum Gasteiger partial charge on any atom is -0.216 e. The fraction of sp³-hybridized carbons (Fsp3) is 0.750. The number of halogens is 2. The minimum absolute atomic E-state index is 0.526. The average molecular weight is 363 g/mol. The Hall–Kier alpha value is -0.920. The smallest absolute Gasteiger partial charge is 0.0901 e. The summed E-state index contributed by atoms with van der Waals surface area (Å²) in [4.78, 5) is 0. The molecule has 3 saturated carbocycles. The Labute approximate surface area is 158 Å². The van der Waals surface area contributed by atoms with E-state index in [4.69, 9.17) is 0 Å². The molecule has 0 aromatic rings. The highest BCUT2D eigenvalue weighted by molar-refractivity contribution is 5.34. The van der Waals surface area contributed by atoms with E-state index in [0.29, 0.717) is 12.2 Å². The average Bonchev–Trinajstić information content (AvgIpc) is 2.72. The highest BCUT2D eigenvalue weighted by atomic mass is 19.1. The van der Waals surface area contributed by atoms with Crippen molar-refractivity contribution >= 4 is 0 Å². The Kier molecular flexibility index (Phi) is 7.95. The molecule has 1 atom stereocenters. The van der Waals surface area contributed by atoms with Crippen LogP contribution < -0.4 is 0 Å². The molecule has 0 nitrogen and oxygen atoms in total. The monoisotopic (exact) mass is 362 g/mol. The summed E-state index contributed by atoms with van der Waals surface area (Å²) >= 11 is 0. The van der Waals surface area contributed by atoms with Crippen molar-refractivity contribution in [2.75, 3.05) is 0 Å². The number of hydrogen-bond donors (Lipinski definition) is 0. The zero-order chi connectivity index (χ0) is 18.2. The quantitative estimate of drug-likeness (QED) is 0.462. The van der Waals surface area contributed by atoms with Gasteiger partial charge in [0.25, 0.3) is 0 Å². The van der Waals surface area contributed by atoms with E-state index in [9.17, 15) is 8.78 Å². The lowest BCUT2D eigenvalue weighted by atomic mass is 9.69. The Bertz CT molecular complexity index is 502. The molecule has 26 heavy (non-hydrogen) atoms. The summed E-state index contributed by atoms with van der Waals surface area (Å²) in [5.41, 5.74) is 1.77. The maximum absolute atomic E-state index is 13.2. The second-order valence-corrected chi connectivity index (χ2v) is 9.01. The molecule has 0 spiro atoms. The van der Waals surface area contributed by atoms with Gasteiger partial charge in [-0.05, 0) is 79.4 Å². The van der Waals surface area contributed by atoms with E-state index in [1.54, 1.807) is 6.08 Å². The first kappa shape index (κ1) is 19.8. The standard InChI is InChI=1S/C24H36F2/c25-16-4-7-22-15-12-20(17-24(22)18-26)9-8-19-10-13-23(14-11-19)21-5-2-1-3-6-21/h4,7,16,18-21,23H,1-3,5-6,8-15,17H2/b16-4+,22-7-,24-18+. The third-order valence-electron chi connectivity index (χ3n) is 7.44. The Balaban J connectivity index is 1.39. The zero-order valence-electron chi connectivity index (χ0n) is 16.3. The van der Waals surface area contributed by atoms with Crippen LogP contribution in [-0.4, -0.2) is 0 Å². The lowest BCUT2D eigenvalue weighted by Crippen LogP contribution is -2.24. The van der Waals surface area contributed by atoms with Crippen molar-refractivity contribution in [3.05, 3.63) is 36.0 Å².